The van der Waals surface area contributed by atoms with Crippen molar-refractivity contribution in [2.24, 2.45) is 0 Å². The maximum atomic E-state index is 9.18. The molecule has 0 saturated heterocycles. The highest BCUT2D eigenvalue weighted by Crippen LogP contribution is 2.40. The minimum absolute atomic E-state index is 0.431. The van der Waals surface area contributed by atoms with Gasteiger partial charge >= 0.3 is 0 Å². The van der Waals surface area contributed by atoms with Crippen LogP contribution in [0.4, 0.5) is 0 Å². The summed E-state index contributed by atoms with van der Waals surface area (Å²) in [4.78, 5) is 9.18. The molecule has 0 unspecified atom stereocenters. The molecule has 1 fully saturated rings. The average Bonchev–Trinajstić information content (AvgIpc) is 3.15. The molecule has 0 bridgehead atoms. The van der Waals surface area contributed by atoms with Crippen LogP contribution in [0.3, 0.4) is 0 Å². The predicted molar refractivity (Wildman–Crippen MR) is 62.7 cm³/mol. The highest BCUT2D eigenvalue weighted by Gasteiger charge is 2.22. The Morgan fingerprint density at radius 1 is 1.31 bits per heavy atom. The minimum Gasteiger partial charge on any atom is -0.497 e. The third kappa shape index (κ3) is 4.34. The molecule has 3 nitrogen and oxygen atoms in total. The van der Waals surface area contributed by atoms with E-state index < -0.39 is 0 Å². The Balaban J connectivity index is 0.000000221. The summed E-state index contributed by atoms with van der Waals surface area (Å²) in [5.74, 6) is 1.80. The van der Waals surface area contributed by atoms with Gasteiger partial charge in [-0.25, -0.2) is 0 Å². The average molecular weight is 222 g/mol. The fourth-order valence-electron chi connectivity index (χ4n) is 1.36. The zero-order valence-corrected chi connectivity index (χ0v) is 9.81. The second-order valence-corrected chi connectivity index (χ2v) is 3.60. The van der Waals surface area contributed by atoms with Crippen LogP contribution in [0.1, 0.15) is 31.2 Å². The summed E-state index contributed by atoms with van der Waals surface area (Å²) in [5.41, 5.74) is 1.46. The number of benzene rings is 1. The van der Waals surface area contributed by atoms with Crippen molar-refractivity contribution in [3.05, 3.63) is 29.8 Å². The molecule has 3 heteroatoms. The zero-order valence-electron chi connectivity index (χ0n) is 9.81. The van der Waals surface area contributed by atoms with E-state index >= 15 is 0 Å². The van der Waals surface area contributed by atoms with Crippen LogP contribution in [0.25, 0.3) is 0 Å². The van der Waals surface area contributed by atoms with E-state index in [1.165, 1.54) is 18.4 Å². The number of methoxy groups -OCH3 is 1. The smallest absolute Gasteiger partial charge is 0.293 e. The van der Waals surface area contributed by atoms with Gasteiger partial charge in [-0.1, -0.05) is 12.1 Å². The molecule has 0 aliphatic heterocycles. The van der Waals surface area contributed by atoms with Crippen molar-refractivity contribution in [1.29, 1.82) is 0 Å². The maximum Gasteiger partial charge on any atom is 0.293 e. The van der Waals surface area contributed by atoms with Crippen LogP contribution in [0.15, 0.2) is 24.3 Å². The van der Waals surface area contributed by atoms with Gasteiger partial charge in [-0.3, -0.25) is 4.79 Å². The molecule has 0 heterocycles. The summed E-state index contributed by atoms with van der Waals surface area (Å²) in [7, 11) is 1.70. The summed E-state index contributed by atoms with van der Waals surface area (Å²) in [5, 5.41) is 0. The first-order valence-electron chi connectivity index (χ1n) is 5.51. The van der Waals surface area contributed by atoms with Crippen LogP contribution in [-0.2, 0) is 9.53 Å². The lowest BCUT2D eigenvalue weighted by Gasteiger charge is -2.00. The number of hydrogen-bond donors (Lipinski definition) is 0. The fraction of sp³-hybridized carbons (Fsp3) is 0.462. The third-order valence-corrected chi connectivity index (χ3v) is 2.40. The number of carbonyl (C=O) groups is 1. The van der Waals surface area contributed by atoms with Crippen molar-refractivity contribution >= 4 is 6.47 Å². The third-order valence-electron chi connectivity index (χ3n) is 2.40. The standard InChI is InChI=1S/C10H12O.C3H6O2/c1-11-10-6-4-9(5-7-10)8-2-3-8;1-2-5-3-4/h4-8H,2-3H2,1H3;3H,2H2,1H3. The van der Waals surface area contributed by atoms with E-state index in [0.29, 0.717) is 13.1 Å². The topological polar surface area (TPSA) is 35.5 Å². The molecule has 2 rings (SSSR count). The molecule has 0 atom stereocenters. The van der Waals surface area contributed by atoms with Gasteiger partial charge in [-0.15, -0.1) is 0 Å². The molecule has 1 aliphatic rings. The fourth-order valence-corrected chi connectivity index (χ4v) is 1.36. The number of rotatable bonds is 4. The van der Waals surface area contributed by atoms with Crippen LogP contribution in [0.2, 0.25) is 0 Å². The molecule has 1 aromatic rings. The molecule has 0 aromatic heterocycles. The van der Waals surface area contributed by atoms with E-state index in [2.05, 4.69) is 16.9 Å². The van der Waals surface area contributed by atoms with Gasteiger partial charge in [0.25, 0.3) is 6.47 Å². The van der Waals surface area contributed by atoms with Crippen LogP contribution in [0, 0.1) is 0 Å². The first-order chi connectivity index (χ1) is 7.81. The van der Waals surface area contributed by atoms with Gasteiger partial charge in [-0.05, 0) is 43.4 Å². The van der Waals surface area contributed by atoms with Gasteiger partial charge in [0.05, 0.1) is 13.7 Å². The lowest BCUT2D eigenvalue weighted by atomic mass is 10.1. The zero-order chi connectivity index (χ0) is 11.8. The van der Waals surface area contributed by atoms with Crippen molar-refractivity contribution < 1.29 is 14.3 Å². The highest BCUT2D eigenvalue weighted by atomic mass is 16.5. The lowest BCUT2D eigenvalue weighted by Crippen LogP contribution is -1.83. The van der Waals surface area contributed by atoms with E-state index in [-0.39, 0.29) is 0 Å². The summed E-state index contributed by atoms with van der Waals surface area (Å²) in [6.07, 6.45) is 2.73. The highest BCUT2D eigenvalue weighted by molar-refractivity contribution is 5.36. The maximum absolute atomic E-state index is 9.18. The molecule has 0 radical (unpaired) electrons. The van der Waals surface area contributed by atoms with E-state index in [4.69, 9.17) is 4.74 Å². The monoisotopic (exact) mass is 222 g/mol. The quantitative estimate of drug-likeness (QED) is 0.735. The van der Waals surface area contributed by atoms with Gasteiger partial charge in [0.1, 0.15) is 5.75 Å². The minimum atomic E-state index is 0.431. The molecule has 1 aromatic carbocycles. The Labute approximate surface area is 96.4 Å². The summed E-state index contributed by atoms with van der Waals surface area (Å²) < 4.78 is 9.22. The van der Waals surface area contributed by atoms with Crippen LogP contribution < -0.4 is 4.74 Å². The molecule has 88 valence electrons. The van der Waals surface area contributed by atoms with Crippen molar-refractivity contribution in [1.82, 2.24) is 0 Å². The molecule has 16 heavy (non-hydrogen) atoms. The Hall–Kier alpha value is -1.51. The molecular weight excluding hydrogens is 204 g/mol. The number of ether oxygens (including phenoxy) is 2. The molecule has 1 aliphatic carbocycles. The summed E-state index contributed by atoms with van der Waals surface area (Å²) >= 11 is 0. The Bertz CT molecular complexity index is 301. The second-order valence-electron chi connectivity index (χ2n) is 3.60. The summed E-state index contributed by atoms with van der Waals surface area (Å²) in [6, 6.07) is 8.40. The molecular formula is C13H18O3. The van der Waals surface area contributed by atoms with Gasteiger partial charge in [-0.2, -0.15) is 0 Å². The van der Waals surface area contributed by atoms with Gasteiger partial charge in [0, 0.05) is 0 Å². The number of hydrogen-bond acceptors (Lipinski definition) is 3. The normalized spacial score (nSPS) is 13.4. The van der Waals surface area contributed by atoms with E-state index in [1.54, 1.807) is 14.0 Å². The Morgan fingerprint density at radius 2 is 1.94 bits per heavy atom. The number of carbonyl (C=O) groups excluding carboxylic acids is 1. The molecule has 0 amide bonds. The van der Waals surface area contributed by atoms with Crippen molar-refractivity contribution in [2.45, 2.75) is 25.7 Å². The van der Waals surface area contributed by atoms with E-state index in [0.717, 1.165) is 11.7 Å². The molecule has 0 spiro atoms. The van der Waals surface area contributed by atoms with Crippen LogP contribution in [-0.4, -0.2) is 20.2 Å². The van der Waals surface area contributed by atoms with Crippen molar-refractivity contribution in [2.75, 3.05) is 13.7 Å². The molecule has 0 N–H and O–H groups in total. The Kier molecular flexibility index (Phi) is 5.40. The largest absolute Gasteiger partial charge is 0.497 e. The van der Waals surface area contributed by atoms with Crippen molar-refractivity contribution in [3.63, 3.8) is 0 Å². The van der Waals surface area contributed by atoms with Crippen molar-refractivity contribution in [3.8, 4) is 5.75 Å². The predicted octanol–water partition coefficient (Wildman–Crippen LogP) is 2.75. The van der Waals surface area contributed by atoms with Gasteiger partial charge < -0.3 is 9.47 Å². The molecule has 1 saturated carbocycles. The van der Waals surface area contributed by atoms with E-state index in [1.807, 2.05) is 12.1 Å². The van der Waals surface area contributed by atoms with Crippen LogP contribution >= 0.6 is 0 Å². The second kappa shape index (κ2) is 6.88. The van der Waals surface area contributed by atoms with Crippen LogP contribution in [0.5, 0.6) is 5.75 Å². The van der Waals surface area contributed by atoms with Gasteiger partial charge in [0.2, 0.25) is 0 Å². The first-order valence-corrected chi connectivity index (χ1v) is 5.51. The first kappa shape index (κ1) is 12.6. The summed E-state index contributed by atoms with van der Waals surface area (Å²) in [6.45, 7) is 2.66. The SMILES string of the molecule is CCOC=O.COc1ccc(C2CC2)cc1. The lowest BCUT2D eigenvalue weighted by molar-refractivity contribution is -0.128. The van der Waals surface area contributed by atoms with Gasteiger partial charge in [0.15, 0.2) is 0 Å². The Morgan fingerprint density at radius 3 is 2.25 bits per heavy atom. The van der Waals surface area contributed by atoms with E-state index in [9.17, 15) is 4.79 Å².